The molecule has 150 valence electrons. The van der Waals surface area contributed by atoms with Crippen molar-refractivity contribution in [3.05, 3.63) is 28.8 Å². The number of anilines is 1. The van der Waals surface area contributed by atoms with Crippen LogP contribution in [-0.2, 0) is 14.4 Å². The number of benzene rings is 1. The van der Waals surface area contributed by atoms with Crippen molar-refractivity contribution in [3.8, 4) is 0 Å². The minimum Gasteiger partial charge on any atom is -0.465 e. The molecule has 0 spiro atoms. The van der Waals surface area contributed by atoms with Gasteiger partial charge in [-0.05, 0) is 31.0 Å². The molecule has 2 atom stereocenters. The SMILES string of the molecule is CNC(=O)C(=O)[C@H](C[C@@H]1CCNC1=O)NC(=O)c1cc(Cl)ccc1NC(=O)O. The number of Topliss-reactive ketones (excluding diaryl/α,β-unsaturated/α-hetero) is 1. The molecule has 0 unspecified atom stereocenters. The van der Waals surface area contributed by atoms with Gasteiger partial charge in [0.2, 0.25) is 11.7 Å². The maximum atomic E-state index is 12.7. The van der Waals surface area contributed by atoms with Gasteiger partial charge in [-0.2, -0.15) is 0 Å². The second-order valence-corrected chi connectivity index (χ2v) is 6.54. The molecule has 0 aromatic heterocycles. The van der Waals surface area contributed by atoms with Gasteiger partial charge in [0.1, 0.15) is 0 Å². The van der Waals surface area contributed by atoms with Crippen molar-refractivity contribution >= 4 is 46.9 Å². The molecule has 0 aliphatic carbocycles. The van der Waals surface area contributed by atoms with E-state index in [1.165, 1.54) is 25.2 Å². The fourth-order valence-electron chi connectivity index (χ4n) is 2.83. The van der Waals surface area contributed by atoms with Crippen LogP contribution in [0.5, 0.6) is 0 Å². The summed E-state index contributed by atoms with van der Waals surface area (Å²) in [4.78, 5) is 59.6. The summed E-state index contributed by atoms with van der Waals surface area (Å²) in [5, 5.41) is 18.4. The highest BCUT2D eigenvalue weighted by Gasteiger charge is 2.34. The van der Waals surface area contributed by atoms with E-state index in [4.69, 9.17) is 16.7 Å². The summed E-state index contributed by atoms with van der Waals surface area (Å²) >= 11 is 5.89. The van der Waals surface area contributed by atoms with Crippen LogP contribution in [-0.4, -0.2) is 54.3 Å². The zero-order chi connectivity index (χ0) is 20.8. The summed E-state index contributed by atoms with van der Waals surface area (Å²) in [6.07, 6.45) is -0.988. The van der Waals surface area contributed by atoms with Gasteiger partial charge in [0.05, 0.1) is 17.3 Å². The Kier molecular flexibility index (Phi) is 6.94. The number of hydrogen-bond acceptors (Lipinski definition) is 5. The largest absolute Gasteiger partial charge is 0.465 e. The molecule has 5 N–H and O–H groups in total. The van der Waals surface area contributed by atoms with Crippen molar-refractivity contribution in [2.45, 2.75) is 18.9 Å². The Bertz CT molecular complexity index is 828. The summed E-state index contributed by atoms with van der Waals surface area (Å²) in [6.45, 7) is 0.444. The summed E-state index contributed by atoms with van der Waals surface area (Å²) < 4.78 is 0. The average Bonchev–Trinajstić information content (AvgIpc) is 3.05. The molecule has 28 heavy (non-hydrogen) atoms. The van der Waals surface area contributed by atoms with Gasteiger partial charge in [0, 0.05) is 24.5 Å². The molecule has 0 saturated carbocycles. The normalized spacial score (nSPS) is 16.6. The predicted molar refractivity (Wildman–Crippen MR) is 99.2 cm³/mol. The molecule has 1 aliphatic heterocycles. The van der Waals surface area contributed by atoms with E-state index in [1.54, 1.807) is 0 Å². The van der Waals surface area contributed by atoms with E-state index in [9.17, 15) is 24.0 Å². The lowest BCUT2D eigenvalue weighted by molar-refractivity contribution is -0.139. The van der Waals surface area contributed by atoms with E-state index in [0.29, 0.717) is 13.0 Å². The molecule has 10 nitrogen and oxygen atoms in total. The number of rotatable bonds is 7. The van der Waals surface area contributed by atoms with E-state index in [-0.39, 0.29) is 28.6 Å². The molecular weight excluding hydrogens is 392 g/mol. The van der Waals surface area contributed by atoms with Crippen LogP contribution < -0.4 is 21.3 Å². The van der Waals surface area contributed by atoms with E-state index in [1.807, 2.05) is 0 Å². The topological polar surface area (TPSA) is 154 Å². The number of ketones is 1. The fourth-order valence-corrected chi connectivity index (χ4v) is 3.00. The van der Waals surface area contributed by atoms with Crippen LogP contribution in [0.4, 0.5) is 10.5 Å². The van der Waals surface area contributed by atoms with Crippen molar-refractivity contribution in [2.24, 2.45) is 5.92 Å². The Hall–Kier alpha value is -3.14. The maximum Gasteiger partial charge on any atom is 0.409 e. The molecule has 1 fully saturated rings. The van der Waals surface area contributed by atoms with Crippen LogP contribution in [0, 0.1) is 5.92 Å². The van der Waals surface area contributed by atoms with Gasteiger partial charge >= 0.3 is 6.09 Å². The summed E-state index contributed by atoms with van der Waals surface area (Å²) in [5.41, 5.74) is -0.167. The Morgan fingerprint density at radius 1 is 1.32 bits per heavy atom. The Morgan fingerprint density at radius 3 is 2.61 bits per heavy atom. The number of nitrogens with one attached hydrogen (secondary N) is 4. The van der Waals surface area contributed by atoms with E-state index >= 15 is 0 Å². The first-order valence-electron chi connectivity index (χ1n) is 8.37. The van der Waals surface area contributed by atoms with E-state index in [0.717, 1.165) is 0 Å². The third kappa shape index (κ3) is 5.19. The van der Waals surface area contributed by atoms with E-state index < -0.39 is 35.7 Å². The third-order valence-corrected chi connectivity index (χ3v) is 4.46. The number of hydrogen-bond donors (Lipinski definition) is 5. The summed E-state index contributed by atoms with van der Waals surface area (Å²) in [7, 11) is 1.27. The number of likely N-dealkylation sites (N-methyl/N-ethyl adjacent to an activating group) is 1. The Balaban J connectivity index is 2.27. The van der Waals surface area contributed by atoms with Crippen LogP contribution in [0.25, 0.3) is 0 Å². The lowest BCUT2D eigenvalue weighted by Crippen LogP contribution is -2.48. The zero-order valence-electron chi connectivity index (χ0n) is 14.9. The average molecular weight is 411 g/mol. The second kappa shape index (κ2) is 9.18. The monoisotopic (exact) mass is 410 g/mol. The van der Waals surface area contributed by atoms with Crippen LogP contribution >= 0.6 is 11.6 Å². The first-order valence-corrected chi connectivity index (χ1v) is 8.74. The van der Waals surface area contributed by atoms with Crippen molar-refractivity contribution in [3.63, 3.8) is 0 Å². The summed E-state index contributed by atoms with van der Waals surface area (Å²) in [6, 6.07) is 2.65. The molecule has 1 aromatic rings. The molecule has 1 heterocycles. The fraction of sp³-hybridized carbons (Fsp3) is 0.353. The highest BCUT2D eigenvalue weighted by atomic mass is 35.5. The van der Waals surface area contributed by atoms with Crippen molar-refractivity contribution in [1.82, 2.24) is 16.0 Å². The molecule has 11 heteroatoms. The number of amides is 4. The van der Waals surface area contributed by atoms with Crippen LogP contribution in [0.2, 0.25) is 5.02 Å². The van der Waals surface area contributed by atoms with Gasteiger partial charge in [-0.1, -0.05) is 11.6 Å². The van der Waals surface area contributed by atoms with Crippen LogP contribution in [0.3, 0.4) is 0 Å². The predicted octanol–water partition coefficient (Wildman–Crippen LogP) is 0.370. The van der Waals surface area contributed by atoms with Gasteiger partial charge in [-0.15, -0.1) is 0 Å². The van der Waals surface area contributed by atoms with Crippen molar-refractivity contribution in [1.29, 1.82) is 0 Å². The highest BCUT2D eigenvalue weighted by molar-refractivity contribution is 6.38. The first-order chi connectivity index (χ1) is 13.2. The third-order valence-electron chi connectivity index (χ3n) is 4.22. The standard InChI is InChI=1S/C17H19ClN4O6/c1-19-16(26)13(23)12(6-8-4-5-20-14(8)24)21-15(25)10-7-9(18)2-3-11(10)22-17(27)28/h2-3,7-8,12,22H,4-6H2,1H3,(H,19,26)(H,20,24)(H,21,25)(H,27,28)/t8-,12-/m0/s1. The summed E-state index contributed by atoms with van der Waals surface area (Å²) in [5.74, 6) is -3.44. The molecule has 0 bridgehead atoms. The maximum absolute atomic E-state index is 12.7. The van der Waals surface area contributed by atoms with Gasteiger partial charge in [0.25, 0.3) is 11.8 Å². The van der Waals surface area contributed by atoms with Crippen molar-refractivity contribution < 1.29 is 29.1 Å². The van der Waals surface area contributed by atoms with Crippen LogP contribution in [0.15, 0.2) is 18.2 Å². The number of carbonyl (C=O) groups excluding carboxylic acids is 4. The molecule has 4 amide bonds. The molecule has 1 saturated heterocycles. The molecule has 0 radical (unpaired) electrons. The molecule has 2 rings (SSSR count). The minimum atomic E-state index is -1.39. The van der Waals surface area contributed by atoms with Crippen molar-refractivity contribution in [2.75, 3.05) is 18.9 Å². The second-order valence-electron chi connectivity index (χ2n) is 6.10. The van der Waals surface area contributed by atoms with Gasteiger partial charge in [-0.3, -0.25) is 24.5 Å². The Labute approximate surface area is 165 Å². The quantitative estimate of drug-likeness (QED) is 0.409. The number of halogens is 1. The molecular formula is C17H19ClN4O6. The highest BCUT2D eigenvalue weighted by Crippen LogP contribution is 2.22. The number of carbonyl (C=O) groups is 5. The number of carboxylic acid groups (broad SMARTS) is 1. The minimum absolute atomic E-state index is 0.0425. The zero-order valence-corrected chi connectivity index (χ0v) is 15.6. The van der Waals surface area contributed by atoms with Gasteiger partial charge < -0.3 is 21.1 Å². The lowest BCUT2D eigenvalue weighted by Gasteiger charge is -2.20. The smallest absolute Gasteiger partial charge is 0.409 e. The van der Waals surface area contributed by atoms with Gasteiger partial charge in [-0.25, -0.2) is 4.79 Å². The van der Waals surface area contributed by atoms with Crippen LogP contribution in [0.1, 0.15) is 23.2 Å². The Morgan fingerprint density at radius 2 is 2.04 bits per heavy atom. The first kappa shape index (κ1) is 21.2. The molecule has 1 aliphatic rings. The lowest BCUT2D eigenvalue weighted by atomic mass is 9.95. The molecule has 1 aromatic carbocycles. The van der Waals surface area contributed by atoms with E-state index in [2.05, 4.69) is 21.3 Å². The van der Waals surface area contributed by atoms with Gasteiger partial charge in [0.15, 0.2) is 0 Å².